The highest BCUT2D eigenvalue weighted by atomic mass is 35.5. The highest BCUT2D eigenvalue weighted by molar-refractivity contribution is 6.35. The molecule has 0 bridgehead atoms. The number of carbonyl (C=O) groups excluding carboxylic acids is 2. The average Bonchev–Trinajstić information content (AvgIpc) is 3.13. The molecule has 2 aliphatic rings. The number of hydrogen-bond acceptors (Lipinski definition) is 5. The monoisotopic (exact) mass is 378 g/mol. The van der Waals surface area contributed by atoms with Gasteiger partial charge in [0.15, 0.2) is 11.4 Å². The lowest BCUT2D eigenvalue weighted by Gasteiger charge is -2.25. The Bertz CT molecular complexity index is 788. The molecule has 1 aliphatic heterocycles. The number of carbonyl (C=O) groups is 2. The Morgan fingerprint density at radius 2 is 1.92 bits per heavy atom. The molecule has 0 radical (unpaired) electrons. The number of ether oxygens (including phenoxy) is 3. The molecule has 0 saturated heterocycles. The second-order valence-electron chi connectivity index (χ2n) is 7.19. The van der Waals surface area contributed by atoms with E-state index in [1.165, 1.54) is 7.11 Å². The quantitative estimate of drug-likeness (QED) is 0.725. The molecule has 6 heteroatoms. The van der Waals surface area contributed by atoms with E-state index in [-0.39, 0.29) is 17.3 Å². The topological polar surface area (TPSA) is 61.8 Å². The van der Waals surface area contributed by atoms with E-state index in [1.54, 1.807) is 26.0 Å². The summed E-state index contributed by atoms with van der Waals surface area (Å²) in [6.07, 6.45) is 3.08. The maximum Gasteiger partial charge on any atom is 0.343 e. The zero-order chi connectivity index (χ0) is 19.1. The lowest BCUT2D eigenvalue weighted by molar-refractivity contribution is -0.153. The third-order valence-corrected chi connectivity index (χ3v) is 5.18. The van der Waals surface area contributed by atoms with Gasteiger partial charge in [-0.25, -0.2) is 4.79 Å². The van der Waals surface area contributed by atoms with Crippen molar-refractivity contribution in [1.29, 1.82) is 0 Å². The standard InChI is InChI=1S/C20H23ClO5/c1-11(2)18(22)25-17-16(19(23)26-20(17)7-5-6-8-20)15-13(21)9-12(3)10-14(15)24-4/h9-11H,5-8H2,1-4H3. The van der Waals surface area contributed by atoms with E-state index in [0.29, 0.717) is 29.2 Å². The Morgan fingerprint density at radius 3 is 2.50 bits per heavy atom. The van der Waals surface area contributed by atoms with Crippen LogP contribution in [0.1, 0.15) is 50.7 Å². The van der Waals surface area contributed by atoms with Crippen LogP contribution >= 0.6 is 11.6 Å². The van der Waals surface area contributed by atoms with Crippen LogP contribution in [-0.4, -0.2) is 24.6 Å². The van der Waals surface area contributed by atoms with Crippen LogP contribution in [0.5, 0.6) is 5.75 Å². The second kappa shape index (κ2) is 6.95. The molecule has 140 valence electrons. The Labute approximate surface area is 158 Å². The van der Waals surface area contributed by atoms with Gasteiger partial charge < -0.3 is 14.2 Å². The summed E-state index contributed by atoms with van der Waals surface area (Å²) in [4.78, 5) is 25.1. The van der Waals surface area contributed by atoms with Crippen molar-refractivity contribution in [1.82, 2.24) is 0 Å². The molecule has 1 fully saturated rings. The van der Waals surface area contributed by atoms with Crippen LogP contribution in [0.4, 0.5) is 0 Å². The normalized spacial score (nSPS) is 18.6. The molecule has 1 heterocycles. The molecule has 0 atom stereocenters. The minimum Gasteiger partial charge on any atom is -0.496 e. The fraction of sp³-hybridized carbons (Fsp3) is 0.500. The first-order valence-electron chi connectivity index (χ1n) is 8.83. The fourth-order valence-electron chi connectivity index (χ4n) is 3.56. The van der Waals surface area contributed by atoms with E-state index in [2.05, 4.69) is 0 Å². The highest BCUT2D eigenvalue weighted by Crippen LogP contribution is 2.50. The maximum absolute atomic E-state index is 12.8. The van der Waals surface area contributed by atoms with E-state index in [4.69, 9.17) is 25.8 Å². The summed E-state index contributed by atoms with van der Waals surface area (Å²) in [5.74, 6) is -0.516. The van der Waals surface area contributed by atoms with Gasteiger partial charge in [0.1, 0.15) is 11.3 Å². The molecular weight excluding hydrogens is 356 g/mol. The van der Waals surface area contributed by atoms with Gasteiger partial charge in [-0.05, 0) is 50.3 Å². The lowest BCUT2D eigenvalue weighted by Crippen LogP contribution is -2.31. The number of esters is 2. The first-order chi connectivity index (χ1) is 12.3. The third kappa shape index (κ3) is 3.09. The molecule has 1 spiro atoms. The second-order valence-corrected chi connectivity index (χ2v) is 7.60. The van der Waals surface area contributed by atoms with Crippen molar-refractivity contribution in [2.45, 2.75) is 52.1 Å². The summed E-state index contributed by atoms with van der Waals surface area (Å²) < 4.78 is 16.9. The smallest absolute Gasteiger partial charge is 0.343 e. The minimum absolute atomic E-state index is 0.197. The SMILES string of the molecule is COc1cc(C)cc(Cl)c1C1=C(OC(=O)C(C)C)C2(CCCC2)OC1=O. The summed E-state index contributed by atoms with van der Waals surface area (Å²) in [6.45, 7) is 5.39. The van der Waals surface area contributed by atoms with Gasteiger partial charge in [-0.3, -0.25) is 4.79 Å². The van der Waals surface area contributed by atoms with Gasteiger partial charge in [0, 0.05) is 0 Å². The molecular formula is C20H23ClO5. The fourth-order valence-corrected chi connectivity index (χ4v) is 3.92. The molecule has 1 aliphatic carbocycles. The Morgan fingerprint density at radius 1 is 1.27 bits per heavy atom. The van der Waals surface area contributed by atoms with E-state index < -0.39 is 17.5 Å². The largest absolute Gasteiger partial charge is 0.496 e. The molecule has 26 heavy (non-hydrogen) atoms. The summed E-state index contributed by atoms with van der Waals surface area (Å²) >= 11 is 6.46. The summed E-state index contributed by atoms with van der Waals surface area (Å²) in [5.41, 5.74) is 0.637. The minimum atomic E-state index is -0.879. The van der Waals surface area contributed by atoms with Gasteiger partial charge >= 0.3 is 11.9 Å². The predicted octanol–water partition coefficient (Wildman–Crippen LogP) is 4.44. The molecule has 0 N–H and O–H groups in total. The molecule has 3 rings (SSSR count). The van der Waals surface area contributed by atoms with E-state index in [0.717, 1.165) is 18.4 Å². The average molecular weight is 379 g/mol. The number of methoxy groups -OCH3 is 1. The van der Waals surface area contributed by atoms with Crippen molar-refractivity contribution < 1.29 is 23.8 Å². The number of benzene rings is 1. The molecule has 0 unspecified atom stereocenters. The van der Waals surface area contributed by atoms with Crippen LogP contribution in [0.25, 0.3) is 5.57 Å². The first-order valence-corrected chi connectivity index (χ1v) is 9.21. The number of rotatable bonds is 4. The summed E-state index contributed by atoms with van der Waals surface area (Å²) in [6, 6.07) is 3.55. The molecule has 1 saturated carbocycles. The molecule has 1 aromatic carbocycles. The van der Waals surface area contributed by atoms with Crippen LogP contribution in [0, 0.1) is 12.8 Å². The van der Waals surface area contributed by atoms with Crippen molar-refractivity contribution in [2.24, 2.45) is 5.92 Å². The number of hydrogen-bond donors (Lipinski definition) is 0. The van der Waals surface area contributed by atoms with Gasteiger partial charge in [0.25, 0.3) is 0 Å². The van der Waals surface area contributed by atoms with Crippen molar-refractivity contribution in [3.63, 3.8) is 0 Å². The zero-order valence-corrected chi connectivity index (χ0v) is 16.2. The molecule has 0 aromatic heterocycles. The number of aryl methyl sites for hydroxylation is 1. The van der Waals surface area contributed by atoms with Crippen LogP contribution in [0.15, 0.2) is 17.9 Å². The summed E-state index contributed by atoms with van der Waals surface area (Å²) in [7, 11) is 1.51. The van der Waals surface area contributed by atoms with Crippen LogP contribution in [0.2, 0.25) is 5.02 Å². The Kier molecular flexibility index (Phi) is 5.02. The maximum atomic E-state index is 12.8. The van der Waals surface area contributed by atoms with Crippen LogP contribution in [0.3, 0.4) is 0 Å². The van der Waals surface area contributed by atoms with Gasteiger partial charge in [0.2, 0.25) is 0 Å². The van der Waals surface area contributed by atoms with E-state index in [9.17, 15) is 9.59 Å². The first kappa shape index (κ1) is 18.8. The Hall–Kier alpha value is -2.01. The van der Waals surface area contributed by atoms with Crippen LogP contribution in [-0.2, 0) is 19.1 Å². The van der Waals surface area contributed by atoms with Crippen LogP contribution < -0.4 is 4.74 Å². The molecule has 5 nitrogen and oxygen atoms in total. The third-order valence-electron chi connectivity index (χ3n) is 4.89. The Balaban J connectivity index is 2.23. The van der Waals surface area contributed by atoms with Crippen molar-refractivity contribution in [3.8, 4) is 5.75 Å². The van der Waals surface area contributed by atoms with Gasteiger partial charge in [-0.2, -0.15) is 0 Å². The van der Waals surface area contributed by atoms with E-state index in [1.807, 2.05) is 6.92 Å². The molecule has 0 amide bonds. The van der Waals surface area contributed by atoms with Crippen molar-refractivity contribution >= 4 is 29.1 Å². The summed E-state index contributed by atoms with van der Waals surface area (Å²) in [5, 5.41) is 0.363. The molecule has 1 aromatic rings. The predicted molar refractivity (Wildman–Crippen MR) is 97.9 cm³/mol. The zero-order valence-electron chi connectivity index (χ0n) is 15.5. The van der Waals surface area contributed by atoms with Crippen molar-refractivity contribution in [2.75, 3.05) is 7.11 Å². The highest BCUT2D eigenvalue weighted by Gasteiger charge is 2.53. The van der Waals surface area contributed by atoms with Crippen molar-refractivity contribution in [3.05, 3.63) is 34.0 Å². The van der Waals surface area contributed by atoms with Gasteiger partial charge in [-0.15, -0.1) is 0 Å². The van der Waals surface area contributed by atoms with Gasteiger partial charge in [0.05, 0.1) is 23.6 Å². The lowest BCUT2D eigenvalue weighted by atomic mass is 9.94. The van der Waals surface area contributed by atoms with Gasteiger partial charge in [-0.1, -0.05) is 25.4 Å². The number of halogens is 1. The van der Waals surface area contributed by atoms with E-state index >= 15 is 0 Å².